The molecule has 0 unspecified atom stereocenters. The Hall–Kier alpha value is -2.29. The highest BCUT2D eigenvalue weighted by Crippen LogP contribution is 2.33. The van der Waals surface area contributed by atoms with E-state index in [0.29, 0.717) is 11.1 Å². The molecule has 0 bridgehead atoms. The highest BCUT2D eigenvalue weighted by molar-refractivity contribution is 5.87. The molecule has 1 aliphatic carbocycles. The van der Waals surface area contributed by atoms with E-state index in [1.807, 2.05) is 18.2 Å². The molecule has 0 spiro atoms. The predicted molar refractivity (Wildman–Crippen MR) is 113 cm³/mol. The maximum atomic E-state index is 13.6. The standard InChI is InChI=1S/C26H27F3/c1-2-17-3-5-18(6-4-17)7-8-19-9-10-21-14-22(12-11-20(21)13-19)23-15-24(27)26(29)25(28)16-23/h9-18H,2-8H2,1H3. The summed E-state index contributed by atoms with van der Waals surface area (Å²) in [4.78, 5) is 0. The van der Waals surface area contributed by atoms with Crippen molar-refractivity contribution in [3.8, 4) is 11.1 Å². The van der Waals surface area contributed by atoms with Gasteiger partial charge in [-0.25, -0.2) is 13.2 Å². The normalized spacial score (nSPS) is 19.6. The van der Waals surface area contributed by atoms with Crippen LogP contribution in [0.15, 0.2) is 48.5 Å². The van der Waals surface area contributed by atoms with E-state index in [0.717, 1.165) is 41.2 Å². The number of benzene rings is 3. The summed E-state index contributed by atoms with van der Waals surface area (Å²) >= 11 is 0. The number of halogens is 3. The van der Waals surface area contributed by atoms with Gasteiger partial charge in [0.1, 0.15) is 0 Å². The summed E-state index contributed by atoms with van der Waals surface area (Å²) in [5.74, 6) is -1.97. The summed E-state index contributed by atoms with van der Waals surface area (Å²) < 4.78 is 40.3. The van der Waals surface area contributed by atoms with E-state index < -0.39 is 17.5 Å². The van der Waals surface area contributed by atoms with Gasteiger partial charge in [-0.1, -0.05) is 69.4 Å². The SMILES string of the molecule is CCC1CCC(CCc2ccc3cc(-c4cc(F)c(F)c(F)c4)ccc3c2)CC1. The summed E-state index contributed by atoms with van der Waals surface area (Å²) in [6.07, 6.45) is 9.14. The molecule has 3 aromatic carbocycles. The quantitative estimate of drug-likeness (QED) is 0.382. The van der Waals surface area contributed by atoms with Gasteiger partial charge in [0.2, 0.25) is 0 Å². The lowest BCUT2D eigenvalue weighted by Gasteiger charge is -2.27. The predicted octanol–water partition coefficient (Wildman–Crippen LogP) is 8.07. The van der Waals surface area contributed by atoms with Crippen molar-refractivity contribution < 1.29 is 13.2 Å². The van der Waals surface area contributed by atoms with Gasteiger partial charge in [-0.05, 0) is 70.3 Å². The van der Waals surface area contributed by atoms with Crippen LogP contribution in [-0.4, -0.2) is 0 Å². The number of hydrogen-bond donors (Lipinski definition) is 0. The Morgan fingerprint density at radius 1 is 0.724 bits per heavy atom. The minimum Gasteiger partial charge on any atom is -0.204 e. The van der Waals surface area contributed by atoms with Crippen LogP contribution in [0.5, 0.6) is 0 Å². The molecule has 1 saturated carbocycles. The maximum absolute atomic E-state index is 13.6. The van der Waals surface area contributed by atoms with Crippen LogP contribution in [0.3, 0.4) is 0 Å². The average molecular weight is 396 g/mol. The number of aryl methyl sites for hydroxylation is 1. The topological polar surface area (TPSA) is 0 Å². The Kier molecular flexibility index (Phi) is 5.94. The number of fused-ring (bicyclic) bond motifs is 1. The van der Waals surface area contributed by atoms with Gasteiger partial charge >= 0.3 is 0 Å². The Bertz CT molecular complexity index is 977. The fourth-order valence-corrected chi connectivity index (χ4v) is 4.65. The van der Waals surface area contributed by atoms with E-state index >= 15 is 0 Å². The first-order valence-electron chi connectivity index (χ1n) is 10.7. The van der Waals surface area contributed by atoms with Crippen LogP contribution in [0, 0.1) is 29.3 Å². The van der Waals surface area contributed by atoms with Gasteiger partial charge in [-0.15, -0.1) is 0 Å². The Morgan fingerprint density at radius 2 is 1.34 bits per heavy atom. The molecule has 0 aromatic heterocycles. The van der Waals surface area contributed by atoms with E-state index in [1.54, 1.807) is 0 Å². The van der Waals surface area contributed by atoms with Crippen LogP contribution in [-0.2, 0) is 6.42 Å². The summed E-state index contributed by atoms with van der Waals surface area (Å²) in [5.41, 5.74) is 2.35. The van der Waals surface area contributed by atoms with Gasteiger partial charge in [0.15, 0.2) is 17.5 Å². The lowest BCUT2D eigenvalue weighted by atomic mass is 9.78. The van der Waals surface area contributed by atoms with Crippen LogP contribution in [0.25, 0.3) is 21.9 Å². The fourth-order valence-electron chi connectivity index (χ4n) is 4.65. The third kappa shape index (κ3) is 4.49. The van der Waals surface area contributed by atoms with Crippen LogP contribution in [0.4, 0.5) is 13.2 Å². The highest BCUT2D eigenvalue weighted by atomic mass is 19.2. The molecular weight excluding hydrogens is 369 g/mol. The Balaban J connectivity index is 1.47. The Labute approximate surface area is 170 Å². The summed E-state index contributed by atoms with van der Waals surface area (Å²) in [5, 5.41) is 2.13. The van der Waals surface area contributed by atoms with Crippen molar-refractivity contribution in [2.75, 3.05) is 0 Å². The van der Waals surface area contributed by atoms with Crippen LogP contribution >= 0.6 is 0 Å². The zero-order valence-corrected chi connectivity index (χ0v) is 16.9. The summed E-state index contributed by atoms with van der Waals surface area (Å²) in [7, 11) is 0. The second-order valence-electron chi connectivity index (χ2n) is 8.48. The second-order valence-corrected chi connectivity index (χ2v) is 8.48. The van der Waals surface area contributed by atoms with Crippen LogP contribution in [0.1, 0.15) is 51.0 Å². The van der Waals surface area contributed by atoms with Crippen molar-refractivity contribution >= 4 is 10.8 Å². The third-order valence-electron chi connectivity index (χ3n) is 6.61. The van der Waals surface area contributed by atoms with Gasteiger partial charge in [0, 0.05) is 0 Å². The van der Waals surface area contributed by atoms with E-state index in [-0.39, 0.29) is 0 Å². The monoisotopic (exact) mass is 396 g/mol. The lowest BCUT2D eigenvalue weighted by molar-refractivity contribution is 0.259. The first-order chi connectivity index (χ1) is 14.0. The molecule has 1 aliphatic rings. The van der Waals surface area contributed by atoms with Gasteiger partial charge in [-0.3, -0.25) is 0 Å². The molecule has 29 heavy (non-hydrogen) atoms. The summed E-state index contributed by atoms with van der Waals surface area (Å²) in [6, 6.07) is 14.2. The molecule has 0 radical (unpaired) electrons. The van der Waals surface area contributed by atoms with Crippen molar-refractivity contribution in [1.29, 1.82) is 0 Å². The second kappa shape index (κ2) is 8.61. The van der Waals surface area contributed by atoms with Crippen molar-refractivity contribution in [1.82, 2.24) is 0 Å². The van der Waals surface area contributed by atoms with Crippen LogP contribution in [0.2, 0.25) is 0 Å². The smallest absolute Gasteiger partial charge is 0.194 e. The number of rotatable bonds is 5. The Morgan fingerprint density at radius 3 is 2.03 bits per heavy atom. The molecule has 0 atom stereocenters. The molecule has 0 N–H and O–H groups in total. The van der Waals surface area contributed by atoms with Gasteiger partial charge in [-0.2, -0.15) is 0 Å². The molecule has 1 fully saturated rings. The maximum Gasteiger partial charge on any atom is 0.194 e. The van der Waals surface area contributed by atoms with E-state index in [2.05, 4.69) is 25.1 Å². The first-order valence-corrected chi connectivity index (χ1v) is 10.7. The molecule has 0 amide bonds. The molecule has 3 heteroatoms. The third-order valence-corrected chi connectivity index (χ3v) is 6.61. The number of hydrogen-bond acceptors (Lipinski definition) is 0. The van der Waals surface area contributed by atoms with Crippen molar-refractivity contribution in [2.24, 2.45) is 11.8 Å². The highest BCUT2D eigenvalue weighted by Gasteiger charge is 2.19. The lowest BCUT2D eigenvalue weighted by Crippen LogP contribution is -2.14. The molecule has 0 nitrogen and oxygen atoms in total. The van der Waals surface area contributed by atoms with Crippen molar-refractivity contribution in [3.05, 3.63) is 71.5 Å². The first kappa shape index (κ1) is 20.0. The zero-order chi connectivity index (χ0) is 20.4. The van der Waals surface area contributed by atoms with Crippen molar-refractivity contribution in [3.63, 3.8) is 0 Å². The van der Waals surface area contributed by atoms with Crippen molar-refractivity contribution in [2.45, 2.75) is 51.9 Å². The fraction of sp³-hybridized carbons (Fsp3) is 0.385. The molecule has 152 valence electrons. The van der Waals surface area contributed by atoms with Crippen LogP contribution < -0.4 is 0 Å². The minimum atomic E-state index is -1.43. The van der Waals surface area contributed by atoms with E-state index in [9.17, 15) is 13.2 Å². The molecule has 3 aromatic rings. The average Bonchev–Trinajstić information content (AvgIpc) is 2.75. The molecular formula is C26H27F3. The van der Waals surface area contributed by atoms with E-state index in [1.165, 1.54) is 44.1 Å². The molecule has 0 aliphatic heterocycles. The molecule has 4 rings (SSSR count). The van der Waals surface area contributed by atoms with E-state index in [4.69, 9.17) is 0 Å². The summed E-state index contributed by atoms with van der Waals surface area (Å²) in [6.45, 7) is 2.30. The molecule has 0 heterocycles. The van der Waals surface area contributed by atoms with Gasteiger partial charge in [0.05, 0.1) is 0 Å². The zero-order valence-electron chi connectivity index (χ0n) is 16.9. The van der Waals surface area contributed by atoms with Gasteiger partial charge in [0.25, 0.3) is 0 Å². The largest absolute Gasteiger partial charge is 0.204 e. The molecule has 0 saturated heterocycles. The minimum absolute atomic E-state index is 0.343. The van der Waals surface area contributed by atoms with Gasteiger partial charge < -0.3 is 0 Å².